The third-order valence-electron chi connectivity index (χ3n) is 4.51. The van der Waals surface area contributed by atoms with E-state index >= 15 is 0 Å². The van der Waals surface area contributed by atoms with Gasteiger partial charge in [-0.05, 0) is 56.7 Å². The van der Waals surface area contributed by atoms with Gasteiger partial charge in [0.25, 0.3) is 0 Å². The fourth-order valence-electron chi connectivity index (χ4n) is 2.90. The summed E-state index contributed by atoms with van der Waals surface area (Å²) in [5, 5.41) is 0. The van der Waals surface area contributed by atoms with E-state index in [4.69, 9.17) is 9.15 Å². The number of aromatic nitrogens is 1. The first-order chi connectivity index (χ1) is 12.9. The number of rotatable bonds is 6. The maximum Gasteiger partial charge on any atom is 0.338 e. The quantitative estimate of drug-likeness (QED) is 0.482. The Hall–Kier alpha value is -3.15. The van der Waals surface area contributed by atoms with Crippen LogP contribution >= 0.6 is 0 Å². The van der Waals surface area contributed by atoms with Crippen LogP contribution in [0.2, 0.25) is 0 Å². The van der Waals surface area contributed by atoms with Gasteiger partial charge in [-0.3, -0.25) is 4.79 Å². The largest absolute Gasteiger partial charge is 0.467 e. The number of ketones is 1. The maximum atomic E-state index is 13.6. The van der Waals surface area contributed by atoms with E-state index in [9.17, 15) is 14.0 Å². The highest BCUT2D eigenvalue weighted by Gasteiger charge is 2.19. The summed E-state index contributed by atoms with van der Waals surface area (Å²) in [7, 11) is 0. The number of carbonyl (C=O) groups is 2. The molecule has 0 aliphatic carbocycles. The Bertz CT molecular complexity index is 986. The van der Waals surface area contributed by atoms with E-state index in [1.807, 2.05) is 30.5 Å². The molecule has 1 aromatic carbocycles. The van der Waals surface area contributed by atoms with Crippen molar-refractivity contribution in [3.63, 3.8) is 0 Å². The fraction of sp³-hybridized carbons (Fsp3) is 0.238. The summed E-state index contributed by atoms with van der Waals surface area (Å²) in [5.41, 5.74) is 2.67. The molecule has 3 aromatic rings. The van der Waals surface area contributed by atoms with E-state index in [2.05, 4.69) is 0 Å². The number of halogens is 1. The molecule has 0 aliphatic heterocycles. The summed E-state index contributed by atoms with van der Waals surface area (Å²) in [6, 6.07) is 9.51. The van der Waals surface area contributed by atoms with Crippen molar-refractivity contribution in [3.05, 3.63) is 82.3 Å². The molecule has 0 unspecified atom stereocenters. The van der Waals surface area contributed by atoms with Crippen LogP contribution in [0.25, 0.3) is 0 Å². The SMILES string of the molecule is Cc1ccc(C(=O)OCC(=O)c2cc(C)n(Cc3ccco3)c2C)cc1F. The van der Waals surface area contributed by atoms with Crippen molar-refractivity contribution in [3.8, 4) is 0 Å². The maximum absolute atomic E-state index is 13.6. The van der Waals surface area contributed by atoms with Crippen LogP contribution in [0.5, 0.6) is 0 Å². The van der Waals surface area contributed by atoms with Gasteiger partial charge in [-0.2, -0.15) is 0 Å². The van der Waals surface area contributed by atoms with Crippen molar-refractivity contribution in [2.75, 3.05) is 6.61 Å². The van der Waals surface area contributed by atoms with Gasteiger partial charge in [0.15, 0.2) is 6.61 Å². The number of benzene rings is 1. The van der Waals surface area contributed by atoms with Crippen molar-refractivity contribution in [2.24, 2.45) is 0 Å². The Kier molecular flexibility index (Phi) is 5.26. The number of hydrogen-bond acceptors (Lipinski definition) is 4. The predicted octanol–water partition coefficient (Wildman–Crippen LogP) is 4.23. The van der Waals surface area contributed by atoms with Crippen LogP contribution < -0.4 is 0 Å². The Morgan fingerprint density at radius 2 is 1.93 bits per heavy atom. The molecular formula is C21H20FNO4. The van der Waals surface area contributed by atoms with Crippen LogP contribution in [-0.4, -0.2) is 22.9 Å². The van der Waals surface area contributed by atoms with E-state index in [1.165, 1.54) is 12.1 Å². The summed E-state index contributed by atoms with van der Waals surface area (Å²) in [4.78, 5) is 24.6. The lowest BCUT2D eigenvalue weighted by Gasteiger charge is -2.08. The second-order valence-corrected chi connectivity index (χ2v) is 6.41. The van der Waals surface area contributed by atoms with Crippen LogP contribution in [-0.2, 0) is 11.3 Å². The van der Waals surface area contributed by atoms with Gasteiger partial charge in [-0.1, -0.05) is 6.07 Å². The fourth-order valence-corrected chi connectivity index (χ4v) is 2.90. The predicted molar refractivity (Wildman–Crippen MR) is 97.5 cm³/mol. The molecule has 0 spiro atoms. The topological polar surface area (TPSA) is 61.4 Å². The van der Waals surface area contributed by atoms with Gasteiger partial charge in [-0.25, -0.2) is 9.18 Å². The highest BCUT2D eigenvalue weighted by atomic mass is 19.1. The zero-order valence-electron chi connectivity index (χ0n) is 15.4. The lowest BCUT2D eigenvalue weighted by atomic mass is 10.1. The minimum atomic E-state index is -0.730. The lowest BCUT2D eigenvalue weighted by Crippen LogP contribution is -2.15. The standard InChI is InChI=1S/C21H20FNO4/c1-13-6-7-16(10-19(13)22)21(25)27-12-20(24)18-9-14(2)23(15(18)3)11-17-5-4-8-26-17/h4-10H,11-12H2,1-3H3. The Morgan fingerprint density at radius 1 is 1.15 bits per heavy atom. The second-order valence-electron chi connectivity index (χ2n) is 6.41. The molecule has 0 fully saturated rings. The van der Waals surface area contributed by atoms with Crippen molar-refractivity contribution in [2.45, 2.75) is 27.3 Å². The first kappa shape index (κ1) is 18.6. The van der Waals surface area contributed by atoms with Gasteiger partial charge in [0.05, 0.1) is 18.4 Å². The summed E-state index contributed by atoms with van der Waals surface area (Å²) >= 11 is 0. The van der Waals surface area contributed by atoms with Crippen LogP contribution in [0.15, 0.2) is 47.1 Å². The number of aryl methyl sites for hydroxylation is 2. The van der Waals surface area contributed by atoms with E-state index < -0.39 is 18.4 Å². The first-order valence-electron chi connectivity index (χ1n) is 8.52. The smallest absolute Gasteiger partial charge is 0.338 e. The van der Waals surface area contributed by atoms with Crippen molar-refractivity contribution >= 4 is 11.8 Å². The Labute approximate surface area is 156 Å². The molecule has 0 saturated carbocycles. The van der Waals surface area contributed by atoms with Crippen LogP contribution in [0.1, 0.15) is 43.4 Å². The summed E-state index contributed by atoms with van der Waals surface area (Å²) in [5.74, 6) is -0.748. The summed E-state index contributed by atoms with van der Waals surface area (Å²) in [6.07, 6.45) is 1.60. The summed E-state index contributed by atoms with van der Waals surface area (Å²) in [6.45, 7) is 5.44. The van der Waals surface area contributed by atoms with Crippen LogP contribution in [0.4, 0.5) is 4.39 Å². The van der Waals surface area contributed by atoms with Gasteiger partial charge >= 0.3 is 5.97 Å². The van der Waals surface area contributed by atoms with Crippen LogP contribution in [0.3, 0.4) is 0 Å². The zero-order valence-corrected chi connectivity index (χ0v) is 15.4. The molecule has 3 rings (SSSR count). The molecule has 6 heteroatoms. The average molecular weight is 369 g/mol. The minimum absolute atomic E-state index is 0.0780. The summed E-state index contributed by atoms with van der Waals surface area (Å²) < 4.78 is 26.0. The molecule has 0 aliphatic rings. The van der Waals surface area contributed by atoms with Gasteiger partial charge in [0, 0.05) is 17.0 Å². The molecule has 0 radical (unpaired) electrons. The van der Waals surface area contributed by atoms with Gasteiger partial charge in [0.1, 0.15) is 11.6 Å². The molecular weight excluding hydrogens is 349 g/mol. The van der Waals surface area contributed by atoms with E-state index in [0.717, 1.165) is 23.2 Å². The van der Waals surface area contributed by atoms with Gasteiger partial charge in [-0.15, -0.1) is 0 Å². The molecule has 27 heavy (non-hydrogen) atoms. The average Bonchev–Trinajstić information content (AvgIpc) is 3.25. The molecule has 140 valence electrons. The third kappa shape index (κ3) is 4.00. The number of furan rings is 1. The minimum Gasteiger partial charge on any atom is -0.467 e. The van der Waals surface area contributed by atoms with Gasteiger partial charge in [0.2, 0.25) is 5.78 Å². The highest BCUT2D eigenvalue weighted by molar-refractivity contribution is 6.00. The van der Waals surface area contributed by atoms with E-state index in [0.29, 0.717) is 17.7 Å². The monoisotopic (exact) mass is 369 g/mol. The highest BCUT2D eigenvalue weighted by Crippen LogP contribution is 2.18. The number of carbonyl (C=O) groups excluding carboxylic acids is 2. The molecule has 2 aromatic heterocycles. The molecule has 0 saturated heterocycles. The van der Waals surface area contributed by atoms with Crippen molar-refractivity contribution in [1.82, 2.24) is 4.57 Å². The van der Waals surface area contributed by atoms with E-state index in [1.54, 1.807) is 19.3 Å². The number of Topliss-reactive ketones (excluding diaryl/α,β-unsaturated/α-hetero) is 1. The van der Waals surface area contributed by atoms with Crippen molar-refractivity contribution in [1.29, 1.82) is 0 Å². The Morgan fingerprint density at radius 3 is 2.59 bits per heavy atom. The normalized spacial score (nSPS) is 10.8. The second kappa shape index (κ2) is 7.61. The van der Waals surface area contributed by atoms with Crippen LogP contribution in [0, 0.1) is 26.6 Å². The number of hydrogen-bond donors (Lipinski definition) is 0. The number of nitrogens with zero attached hydrogens (tertiary/aromatic N) is 1. The molecule has 0 atom stereocenters. The number of esters is 1. The molecule has 5 nitrogen and oxygen atoms in total. The molecule has 0 N–H and O–H groups in total. The zero-order chi connectivity index (χ0) is 19.6. The molecule has 0 amide bonds. The first-order valence-corrected chi connectivity index (χ1v) is 8.52. The molecule has 2 heterocycles. The Balaban J connectivity index is 1.69. The molecule has 0 bridgehead atoms. The third-order valence-corrected chi connectivity index (χ3v) is 4.51. The van der Waals surface area contributed by atoms with E-state index in [-0.39, 0.29) is 11.3 Å². The van der Waals surface area contributed by atoms with Gasteiger partial charge < -0.3 is 13.7 Å². The lowest BCUT2D eigenvalue weighted by molar-refractivity contribution is 0.0474. The van der Waals surface area contributed by atoms with Crippen molar-refractivity contribution < 1.29 is 23.1 Å². The number of ether oxygens (including phenoxy) is 1.